The molecule has 0 heterocycles. The van der Waals surface area contributed by atoms with E-state index >= 15 is 0 Å². The van der Waals surface area contributed by atoms with Gasteiger partial charge in [-0.05, 0) is 74.0 Å². The van der Waals surface area contributed by atoms with Crippen LogP contribution in [0.2, 0.25) is 0 Å². The molecule has 0 aliphatic heterocycles. The molecule has 22 heavy (non-hydrogen) atoms. The molecular formula is C18H26N2O2. The third kappa shape index (κ3) is 1.36. The molecule has 7 rings (SSSR count). The Morgan fingerprint density at radius 3 is 1.32 bits per heavy atom. The van der Waals surface area contributed by atoms with Gasteiger partial charge in [0.05, 0.1) is 0 Å². The van der Waals surface area contributed by atoms with E-state index in [1.54, 1.807) is 13.8 Å². The lowest BCUT2D eigenvalue weighted by Gasteiger charge is -2.78. The molecule has 120 valence electrons. The minimum Gasteiger partial charge on any atom is -0.350 e. The highest BCUT2D eigenvalue weighted by Crippen LogP contribution is 2.73. The largest absolute Gasteiger partial charge is 0.350 e. The first-order chi connectivity index (χ1) is 10.4. The number of carbonyl (C=O) groups is 2. The number of carbonyl (C=O) groups excluding carboxylic acids is 2. The van der Waals surface area contributed by atoms with E-state index in [1.807, 2.05) is 0 Å². The molecule has 4 heteroatoms. The van der Waals surface area contributed by atoms with Crippen molar-refractivity contribution in [1.82, 2.24) is 10.6 Å². The second-order valence-electron chi connectivity index (χ2n) is 8.95. The first kappa shape index (κ1) is 13.4. The van der Waals surface area contributed by atoms with Gasteiger partial charge in [0.15, 0.2) is 0 Å². The lowest BCUT2D eigenvalue weighted by atomic mass is 9.31. The van der Waals surface area contributed by atoms with Gasteiger partial charge in [-0.15, -0.1) is 0 Å². The van der Waals surface area contributed by atoms with Crippen LogP contribution in [0, 0.1) is 35.5 Å². The maximum atomic E-state index is 11.9. The summed E-state index contributed by atoms with van der Waals surface area (Å²) in [5.41, 5.74) is 0.114. The summed E-state index contributed by atoms with van der Waals surface area (Å²) in [6, 6.07) is 0. The monoisotopic (exact) mass is 302 g/mol. The molecule has 0 saturated heterocycles. The van der Waals surface area contributed by atoms with Crippen molar-refractivity contribution < 1.29 is 9.59 Å². The van der Waals surface area contributed by atoms with Crippen molar-refractivity contribution in [1.29, 1.82) is 0 Å². The van der Waals surface area contributed by atoms with E-state index in [1.165, 1.54) is 38.5 Å². The van der Waals surface area contributed by atoms with E-state index in [-0.39, 0.29) is 22.9 Å². The van der Waals surface area contributed by atoms with Crippen LogP contribution in [-0.2, 0) is 9.59 Å². The second-order valence-corrected chi connectivity index (χ2v) is 8.95. The van der Waals surface area contributed by atoms with Gasteiger partial charge >= 0.3 is 0 Å². The zero-order valence-corrected chi connectivity index (χ0v) is 13.5. The molecule has 2 amide bonds. The first-order valence-corrected chi connectivity index (χ1v) is 9.02. The quantitative estimate of drug-likeness (QED) is 0.818. The lowest BCUT2D eigenvalue weighted by Crippen LogP contribution is -2.84. The molecule has 7 aliphatic carbocycles. The standard InChI is InChI=1S/C18H26N2O2/c1-9(21)19-17-7-11-5-15-13(17)3-12-4-14(17)16(6-11)18(15,8-12)20-10(2)22/h11-16H,3-8H2,1-2H3,(H,19,21)(H,20,22). The maximum Gasteiger partial charge on any atom is 0.217 e. The molecular weight excluding hydrogens is 276 g/mol. The Kier molecular flexibility index (Phi) is 2.36. The highest BCUT2D eigenvalue weighted by Gasteiger charge is 2.75. The van der Waals surface area contributed by atoms with Gasteiger partial charge in [-0.1, -0.05) is 0 Å². The third-order valence-electron chi connectivity index (χ3n) is 8.04. The van der Waals surface area contributed by atoms with Gasteiger partial charge < -0.3 is 10.6 Å². The highest BCUT2D eigenvalue weighted by molar-refractivity contribution is 5.75. The van der Waals surface area contributed by atoms with E-state index in [4.69, 9.17) is 0 Å². The van der Waals surface area contributed by atoms with Crippen LogP contribution in [0.3, 0.4) is 0 Å². The molecule has 8 bridgehead atoms. The molecule has 0 spiro atoms. The number of hydrogen-bond acceptors (Lipinski definition) is 2. The smallest absolute Gasteiger partial charge is 0.217 e. The Labute approximate surface area is 131 Å². The fourth-order valence-electron chi connectivity index (χ4n) is 8.14. The van der Waals surface area contributed by atoms with Gasteiger partial charge in [0.25, 0.3) is 0 Å². The summed E-state index contributed by atoms with van der Waals surface area (Å²) in [6.07, 6.45) is 7.45. The van der Waals surface area contributed by atoms with E-state index in [0.717, 1.165) is 11.8 Å². The fourth-order valence-corrected chi connectivity index (χ4v) is 8.14. The van der Waals surface area contributed by atoms with Crippen molar-refractivity contribution in [2.75, 3.05) is 0 Å². The summed E-state index contributed by atoms with van der Waals surface area (Å²) in [5, 5.41) is 6.90. The topological polar surface area (TPSA) is 58.2 Å². The molecule has 7 aliphatic rings. The minimum atomic E-state index is 0.0568. The van der Waals surface area contributed by atoms with Gasteiger partial charge in [-0.3, -0.25) is 9.59 Å². The molecule has 0 aromatic carbocycles. The maximum absolute atomic E-state index is 11.9. The number of hydrogen-bond donors (Lipinski definition) is 2. The Bertz CT molecular complexity index is 497. The highest BCUT2D eigenvalue weighted by atomic mass is 16.2. The summed E-state index contributed by atoms with van der Waals surface area (Å²) >= 11 is 0. The van der Waals surface area contributed by atoms with Crippen LogP contribution in [0.15, 0.2) is 0 Å². The Hall–Kier alpha value is -1.06. The SMILES string of the molecule is CC(=O)NC12CC3CC4C1CC1CC2C(C3)C4(NC(C)=O)C1. The zero-order chi connectivity index (χ0) is 15.3. The normalized spacial score (nSPS) is 56.3. The molecule has 4 atom stereocenters. The van der Waals surface area contributed by atoms with Gasteiger partial charge in [-0.25, -0.2) is 0 Å². The van der Waals surface area contributed by atoms with Crippen molar-refractivity contribution in [3.8, 4) is 0 Å². The summed E-state index contributed by atoms with van der Waals surface area (Å²) in [5.74, 6) is 4.16. The predicted molar refractivity (Wildman–Crippen MR) is 81.7 cm³/mol. The summed E-state index contributed by atoms with van der Waals surface area (Å²) in [7, 11) is 0. The minimum absolute atomic E-state index is 0.0568. The molecule has 2 N–H and O–H groups in total. The van der Waals surface area contributed by atoms with Crippen molar-refractivity contribution in [2.24, 2.45) is 35.5 Å². The van der Waals surface area contributed by atoms with E-state index in [9.17, 15) is 9.59 Å². The van der Waals surface area contributed by atoms with Crippen LogP contribution in [0.25, 0.3) is 0 Å². The Balaban J connectivity index is 1.64. The fraction of sp³-hybridized carbons (Fsp3) is 0.889. The summed E-state index contributed by atoms with van der Waals surface area (Å²) < 4.78 is 0. The van der Waals surface area contributed by atoms with Gasteiger partial charge in [0, 0.05) is 24.9 Å². The van der Waals surface area contributed by atoms with Crippen molar-refractivity contribution >= 4 is 11.8 Å². The molecule has 4 unspecified atom stereocenters. The number of nitrogens with one attached hydrogen (secondary N) is 2. The molecule has 0 aromatic rings. The van der Waals surface area contributed by atoms with E-state index in [0.29, 0.717) is 23.7 Å². The zero-order valence-electron chi connectivity index (χ0n) is 13.5. The van der Waals surface area contributed by atoms with Crippen LogP contribution in [-0.4, -0.2) is 22.9 Å². The average molecular weight is 302 g/mol. The first-order valence-electron chi connectivity index (χ1n) is 9.02. The molecule has 0 aromatic heterocycles. The average Bonchev–Trinajstić information content (AvgIpc) is 2.42. The van der Waals surface area contributed by atoms with Crippen LogP contribution in [0.5, 0.6) is 0 Å². The van der Waals surface area contributed by atoms with Crippen LogP contribution in [0.4, 0.5) is 0 Å². The number of rotatable bonds is 2. The number of amides is 2. The second kappa shape index (κ2) is 3.88. The summed E-state index contributed by atoms with van der Waals surface area (Å²) in [6.45, 7) is 3.36. The lowest BCUT2D eigenvalue weighted by molar-refractivity contribution is -0.244. The van der Waals surface area contributed by atoms with Crippen molar-refractivity contribution in [3.63, 3.8) is 0 Å². The summed E-state index contributed by atoms with van der Waals surface area (Å²) in [4.78, 5) is 23.9. The van der Waals surface area contributed by atoms with Gasteiger partial charge in [0.2, 0.25) is 11.8 Å². The molecule has 4 nitrogen and oxygen atoms in total. The van der Waals surface area contributed by atoms with E-state index < -0.39 is 0 Å². The van der Waals surface area contributed by atoms with Crippen molar-refractivity contribution in [3.05, 3.63) is 0 Å². The van der Waals surface area contributed by atoms with Gasteiger partial charge in [0.1, 0.15) is 0 Å². The van der Waals surface area contributed by atoms with Crippen LogP contribution >= 0.6 is 0 Å². The molecule has 7 fully saturated rings. The van der Waals surface area contributed by atoms with Gasteiger partial charge in [-0.2, -0.15) is 0 Å². The Morgan fingerprint density at radius 2 is 1.05 bits per heavy atom. The predicted octanol–water partition coefficient (Wildman–Crippen LogP) is 1.84. The third-order valence-corrected chi connectivity index (χ3v) is 8.04. The van der Waals surface area contributed by atoms with Crippen LogP contribution in [0.1, 0.15) is 52.4 Å². The van der Waals surface area contributed by atoms with Crippen molar-refractivity contribution in [2.45, 2.75) is 63.5 Å². The Morgan fingerprint density at radius 1 is 0.727 bits per heavy atom. The van der Waals surface area contributed by atoms with Crippen LogP contribution < -0.4 is 10.6 Å². The molecule has 7 saturated carbocycles. The van der Waals surface area contributed by atoms with E-state index in [2.05, 4.69) is 10.6 Å². The molecule has 0 radical (unpaired) electrons.